The second kappa shape index (κ2) is 1.99. The van der Waals surface area contributed by atoms with Gasteiger partial charge in [0.05, 0.1) is 5.69 Å². The lowest BCUT2D eigenvalue weighted by molar-refractivity contribution is 0.644. The lowest BCUT2D eigenvalue weighted by atomic mass is 10.2. The normalized spacial score (nSPS) is 10.6. The predicted octanol–water partition coefficient (Wildman–Crippen LogP) is 1.89. The zero-order chi connectivity index (χ0) is 7.84. The first-order chi connectivity index (χ1) is 5.29. The van der Waals surface area contributed by atoms with Gasteiger partial charge in [0.1, 0.15) is 0 Å². The Morgan fingerprint density at radius 2 is 2.09 bits per heavy atom. The maximum atomic E-state index is 13.1. The van der Waals surface area contributed by atoms with Gasteiger partial charge in [-0.2, -0.15) is 0 Å². The Hall–Kier alpha value is -1.51. The fourth-order valence-corrected chi connectivity index (χ4v) is 1.11. The summed E-state index contributed by atoms with van der Waals surface area (Å²) < 4.78 is 13.1. The molecule has 0 aliphatic rings. The summed E-state index contributed by atoms with van der Waals surface area (Å²) in [5.74, 6) is -0.344. The number of halogens is 1. The molecule has 0 saturated heterocycles. The number of hydrogen-bond donors (Lipinski definition) is 2. The molecule has 0 spiro atoms. The van der Waals surface area contributed by atoms with Crippen molar-refractivity contribution in [1.29, 1.82) is 0 Å². The summed E-state index contributed by atoms with van der Waals surface area (Å²) in [4.78, 5) is 2.89. The van der Waals surface area contributed by atoms with Crippen molar-refractivity contribution in [3.63, 3.8) is 0 Å². The molecule has 0 fully saturated rings. The number of fused-ring (bicyclic) bond motifs is 1. The first-order valence-electron chi connectivity index (χ1n) is 3.30. The van der Waals surface area contributed by atoms with Gasteiger partial charge in [0.2, 0.25) is 0 Å². The minimum Gasteiger partial charge on any atom is -0.396 e. The van der Waals surface area contributed by atoms with E-state index in [4.69, 9.17) is 5.73 Å². The van der Waals surface area contributed by atoms with Crippen LogP contribution in [0.1, 0.15) is 0 Å². The van der Waals surface area contributed by atoms with E-state index in [2.05, 4.69) is 4.98 Å². The molecule has 0 aliphatic heterocycles. The van der Waals surface area contributed by atoms with Crippen LogP contribution in [0.25, 0.3) is 10.9 Å². The molecular weight excluding hydrogens is 143 g/mol. The standard InChI is InChI=1S/C8H7FN2/c9-8-5-3-4-11-7(5)2-1-6(8)10/h1-4,11H,10H2. The first kappa shape index (κ1) is 6.22. The smallest absolute Gasteiger partial charge is 0.155 e. The number of aromatic nitrogens is 1. The molecule has 3 N–H and O–H groups in total. The van der Waals surface area contributed by atoms with Gasteiger partial charge in [-0.1, -0.05) is 0 Å². The van der Waals surface area contributed by atoms with Crippen LogP contribution in [-0.4, -0.2) is 4.98 Å². The van der Waals surface area contributed by atoms with E-state index >= 15 is 0 Å². The zero-order valence-electron chi connectivity index (χ0n) is 5.76. The number of nitrogens with two attached hydrogens (primary N) is 1. The van der Waals surface area contributed by atoms with Crippen LogP contribution < -0.4 is 5.73 Å². The Morgan fingerprint density at radius 3 is 2.91 bits per heavy atom. The summed E-state index contributed by atoms with van der Waals surface area (Å²) in [7, 11) is 0. The number of nitrogen functional groups attached to an aromatic ring is 1. The zero-order valence-corrected chi connectivity index (χ0v) is 5.76. The number of anilines is 1. The van der Waals surface area contributed by atoms with Gasteiger partial charge in [-0.15, -0.1) is 0 Å². The molecule has 2 nitrogen and oxygen atoms in total. The van der Waals surface area contributed by atoms with E-state index in [-0.39, 0.29) is 11.5 Å². The van der Waals surface area contributed by atoms with Crippen molar-refractivity contribution < 1.29 is 4.39 Å². The lowest BCUT2D eigenvalue weighted by Crippen LogP contribution is -1.89. The van der Waals surface area contributed by atoms with Gasteiger partial charge in [-0.3, -0.25) is 0 Å². The van der Waals surface area contributed by atoms with Crippen molar-refractivity contribution >= 4 is 16.6 Å². The molecule has 2 rings (SSSR count). The van der Waals surface area contributed by atoms with Crippen molar-refractivity contribution in [1.82, 2.24) is 4.98 Å². The van der Waals surface area contributed by atoms with Gasteiger partial charge < -0.3 is 10.7 Å². The number of nitrogens with one attached hydrogen (secondary N) is 1. The summed E-state index contributed by atoms with van der Waals surface area (Å²) in [6.07, 6.45) is 1.69. The highest BCUT2D eigenvalue weighted by atomic mass is 19.1. The molecule has 0 bridgehead atoms. The topological polar surface area (TPSA) is 41.8 Å². The van der Waals surface area contributed by atoms with Crippen LogP contribution in [0.15, 0.2) is 24.4 Å². The second-order valence-electron chi connectivity index (χ2n) is 2.41. The first-order valence-corrected chi connectivity index (χ1v) is 3.30. The van der Waals surface area contributed by atoms with Crippen LogP contribution >= 0.6 is 0 Å². The van der Waals surface area contributed by atoms with Crippen LogP contribution in [0.2, 0.25) is 0 Å². The predicted molar refractivity (Wildman–Crippen MR) is 42.7 cm³/mol. The molecule has 0 aliphatic carbocycles. The van der Waals surface area contributed by atoms with Crippen molar-refractivity contribution in [3.8, 4) is 0 Å². The molecule has 56 valence electrons. The molecule has 2 aromatic rings. The van der Waals surface area contributed by atoms with Gasteiger partial charge in [0.15, 0.2) is 5.82 Å². The van der Waals surface area contributed by atoms with Crippen LogP contribution in [0.5, 0.6) is 0 Å². The van der Waals surface area contributed by atoms with Crippen molar-refractivity contribution in [2.24, 2.45) is 0 Å². The third-order valence-corrected chi connectivity index (χ3v) is 1.70. The molecule has 11 heavy (non-hydrogen) atoms. The quantitative estimate of drug-likeness (QED) is 0.553. The molecule has 1 aromatic carbocycles. The molecule has 1 aromatic heterocycles. The summed E-state index contributed by atoms with van der Waals surface area (Å²) in [6.45, 7) is 0. The van der Waals surface area contributed by atoms with E-state index in [0.717, 1.165) is 5.52 Å². The van der Waals surface area contributed by atoms with Crippen LogP contribution in [0, 0.1) is 5.82 Å². The summed E-state index contributed by atoms with van der Waals surface area (Å²) >= 11 is 0. The highest BCUT2D eigenvalue weighted by molar-refractivity contribution is 5.83. The number of aromatic amines is 1. The van der Waals surface area contributed by atoms with E-state index in [0.29, 0.717) is 5.39 Å². The van der Waals surface area contributed by atoms with Crippen molar-refractivity contribution in [2.45, 2.75) is 0 Å². The van der Waals surface area contributed by atoms with Crippen molar-refractivity contribution in [2.75, 3.05) is 5.73 Å². The molecule has 0 atom stereocenters. The Balaban J connectivity index is 2.93. The average molecular weight is 150 g/mol. The van der Waals surface area contributed by atoms with E-state index in [1.54, 1.807) is 24.4 Å². The largest absolute Gasteiger partial charge is 0.396 e. The molecule has 0 saturated carbocycles. The van der Waals surface area contributed by atoms with E-state index in [1.807, 2.05) is 0 Å². The van der Waals surface area contributed by atoms with Crippen LogP contribution in [0.4, 0.5) is 10.1 Å². The van der Waals surface area contributed by atoms with E-state index in [1.165, 1.54) is 0 Å². The number of rotatable bonds is 0. The van der Waals surface area contributed by atoms with Gasteiger partial charge in [0, 0.05) is 17.1 Å². The molecule has 0 amide bonds. The summed E-state index contributed by atoms with van der Waals surface area (Å²) in [5.41, 5.74) is 6.32. The maximum absolute atomic E-state index is 13.1. The molecule has 3 heteroatoms. The fourth-order valence-electron chi connectivity index (χ4n) is 1.11. The minimum atomic E-state index is -0.344. The molecule has 1 heterocycles. The van der Waals surface area contributed by atoms with Gasteiger partial charge in [0.25, 0.3) is 0 Å². The van der Waals surface area contributed by atoms with Gasteiger partial charge >= 0.3 is 0 Å². The Labute approximate surface area is 62.8 Å². The van der Waals surface area contributed by atoms with E-state index < -0.39 is 0 Å². The lowest BCUT2D eigenvalue weighted by Gasteiger charge is -1.95. The molecular formula is C8H7FN2. The SMILES string of the molecule is Nc1ccc2[nH]ccc2c1F. The van der Waals surface area contributed by atoms with Crippen LogP contribution in [0.3, 0.4) is 0 Å². The summed E-state index contributed by atoms with van der Waals surface area (Å²) in [5, 5.41) is 0.546. The highest BCUT2D eigenvalue weighted by Gasteiger charge is 2.03. The number of hydrogen-bond acceptors (Lipinski definition) is 1. The third kappa shape index (κ3) is 0.774. The Kier molecular flexibility index (Phi) is 1.12. The minimum absolute atomic E-state index is 0.192. The second-order valence-corrected chi connectivity index (χ2v) is 2.41. The Bertz CT molecular complexity index is 392. The van der Waals surface area contributed by atoms with Crippen molar-refractivity contribution in [3.05, 3.63) is 30.2 Å². The Morgan fingerprint density at radius 1 is 1.27 bits per heavy atom. The monoisotopic (exact) mass is 150 g/mol. The number of H-pyrrole nitrogens is 1. The van der Waals surface area contributed by atoms with Gasteiger partial charge in [-0.25, -0.2) is 4.39 Å². The van der Waals surface area contributed by atoms with Crippen LogP contribution in [-0.2, 0) is 0 Å². The number of benzene rings is 1. The summed E-state index contributed by atoms with van der Waals surface area (Å²) in [6, 6.07) is 4.98. The third-order valence-electron chi connectivity index (χ3n) is 1.70. The maximum Gasteiger partial charge on any atom is 0.155 e. The molecule has 0 radical (unpaired) electrons. The van der Waals surface area contributed by atoms with Gasteiger partial charge in [-0.05, 0) is 18.2 Å². The highest BCUT2D eigenvalue weighted by Crippen LogP contribution is 2.20. The fraction of sp³-hybridized carbons (Fsp3) is 0. The molecule has 0 unspecified atom stereocenters. The van der Waals surface area contributed by atoms with E-state index in [9.17, 15) is 4.39 Å². The average Bonchev–Trinajstić information content (AvgIpc) is 2.45.